The van der Waals surface area contributed by atoms with Gasteiger partial charge in [0.05, 0.1) is 11.6 Å². The molecule has 3 rings (SSSR count). The zero-order chi connectivity index (χ0) is 11.5. The summed E-state index contributed by atoms with van der Waals surface area (Å²) in [6.07, 6.45) is 3.98. The lowest BCUT2D eigenvalue weighted by Gasteiger charge is -2.09. The highest BCUT2D eigenvalue weighted by atomic mass is 32.1. The van der Waals surface area contributed by atoms with E-state index in [-0.39, 0.29) is 0 Å². The summed E-state index contributed by atoms with van der Waals surface area (Å²) in [6, 6.07) is 8.25. The number of rotatable bonds is 4. The van der Waals surface area contributed by atoms with Crippen molar-refractivity contribution in [2.45, 2.75) is 25.4 Å². The van der Waals surface area contributed by atoms with Crippen LogP contribution in [0.25, 0.3) is 10.9 Å². The third-order valence-electron chi connectivity index (χ3n) is 3.16. The van der Waals surface area contributed by atoms with Crippen LogP contribution in [0.3, 0.4) is 0 Å². The predicted octanol–water partition coefficient (Wildman–Crippen LogP) is 3.28. The maximum Gasteiger partial charge on any atom is 0.117 e. The van der Waals surface area contributed by atoms with Gasteiger partial charge in [0.2, 0.25) is 0 Å². The second-order valence-electron chi connectivity index (χ2n) is 4.38. The summed E-state index contributed by atoms with van der Waals surface area (Å²) in [5, 5.41) is 5.88. The summed E-state index contributed by atoms with van der Waals surface area (Å²) in [5.74, 6) is 0. The van der Waals surface area contributed by atoms with Crippen LogP contribution in [0, 0.1) is 0 Å². The van der Waals surface area contributed by atoms with Crippen LogP contribution in [-0.4, -0.2) is 23.6 Å². The molecule has 3 nitrogen and oxygen atoms in total. The van der Waals surface area contributed by atoms with E-state index in [2.05, 4.69) is 27.9 Å². The highest BCUT2D eigenvalue weighted by Gasteiger charge is 2.14. The molecule has 17 heavy (non-hydrogen) atoms. The Labute approximate surface area is 105 Å². The van der Waals surface area contributed by atoms with Crippen LogP contribution in [0.15, 0.2) is 24.3 Å². The van der Waals surface area contributed by atoms with Crippen molar-refractivity contribution in [3.8, 4) is 0 Å². The molecule has 0 radical (unpaired) electrons. The van der Waals surface area contributed by atoms with Gasteiger partial charge in [0.1, 0.15) is 5.00 Å². The minimum Gasteiger partial charge on any atom is -0.378 e. The maximum absolute atomic E-state index is 5.61. The Morgan fingerprint density at radius 2 is 2.35 bits per heavy atom. The Hall–Kier alpha value is -1.13. The third-order valence-corrected chi connectivity index (χ3v) is 3.99. The second kappa shape index (κ2) is 5.02. The minimum absolute atomic E-state index is 0.460. The molecule has 1 N–H and O–H groups in total. The lowest BCUT2D eigenvalue weighted by atomic mass is 10.2. The van der Waals surface area contributed by atoms with E-state index in [0.717, 1.165) is 25.1 Å². The van der Waals surface area contributed by atoms with Crippen LogP contribution in [0.2, 0.25) is 0 Å². The summed E-state index contributed by atoms with van der Waals surface area (Å²) in [6.45, 7) is 1.91. The lowest BCUT2D eigenvalue weighted by molar-refractivity contribution is 0.107. The molecule has 1 aliphatic heterocycles. The van der Waals surface area contributed by atoms with E-state index in [1.165, 1.54) is 23.2 Å². The van der Waals surface area contributed by atoms with Gasteiger partial charge in [-0.25, -0.2) is 0 Å². The lowest BCUT2D eigenvalue weighted by Crippen LogP contribution is -2.11. The van der Waals surface area contributed by atoms with Crippen molar-refractivity contribution < 1.29 is 4.74 Å². The molecule has 1 fully saturated rings. The Balaban J connectivity index is 1.60. The first kappa shape index (κ1) is 11.0. The minimum atomic E-state index is 0.460. The molecule has 1 atom stereocenters. The van der Waals surface area contributed by atoms with Gasteiger partial charge in [-0.1, -0.05) is 12.1 Å². The first-order valence-corrected chi connectivity index (χ1v) is 6.91. The van der Waals surface area contributed by atoms with Crippen LogP contribution in [0.5, 0.6) is 0 Å². The third kappa shape index (κ3) is 2.42. The van der Waals surface area contributed by atoms with Crippen LogP contribution in [-0.2, 0) is 4.74 Å². The molecule has 1 aliphatic rings. The number of benzene rings is 1. The van der Waals surface area contributed by atoms with Crippen molar-refractivity contribution in [1.29, 1.82) is 0 Å². The molecule has 0 amide bonds. The molecule has 1 aromatic heterocycles. The fourth-order valence-corrected chi connectivity index (χ4v) is 3.02. The molecule has 4 heteroatoms. The van der Waals surface area contributed by atoms with Gasteiger partial charge in [-0.2, -0.15) is 4.37 Å². The number of fused-ring (bicyclic) bond motifs is 1. The van der Waals surface area contributed by atoms with Crippen LogP contribution >= 0.6 is 11.5 Å². The smallest absolute Gasteiger partial charge is 0.117 e. The Morgan fingerprint density at radius 1 is 1.41 bits per heavy atom. The van der Waals surface area contributed by atoms with Crippen LogP contribution < -0.4 is 5.32 Å². The van der Waals surface area contributed by atoms with Crippen molar-refractivity contribution in [2.75, 3.05) is 18.5 Å². The van der Waals surface area contributed by atoms with Gasteiger partial charge in [0, 0.05) is 18.5 Å². The average Bonchev–Trinajstić information content (AvgIpc) is 2.99. The number of ether oxygens (including phenoxy) is 1. The Bertz CT molecular complexity index is 491. The quantitative estimate of drug-likeness (QED) is 0.901. The van der Waals surface area contributed by atoms with Crippen molar-refractivity contribution in [3.05, 3.63) is 24.3 Å². The van der Waals surface area contributed by atoms with E-state index in [1.807, 2.05) is 6.07 Å². The summed E-state index contributed by atoms with van der Waals surface area (Å²) < 4.78 is 10.0. The van der Waals surface area contributed by atoms with Gasteiger partial charge in [0.15, 0.2) is 0 Å². The van der Waals surface area contributed by atoms with Gasteiger partial charge in [0.25, 0.3) is 0 Å². The maximum atomic E-state index is 5.61. The number of aromatic nitrogens is 1. The monoisotopic (exact) mass is 248 g/mol. The molecule has 0 bridgehead atoms. The molecule has 2 heterocycles. The van der Waals surface area contributed by atoms with Gasteiger partial charge < -0.3 is 10.1 Å². The summed E-state index contributed by atoms with van der Waals surface area (Å²) >= 11 is 1.54. The van der Waals surface area contributed by atoms with E-state index in [9.17, 15) is 0 Å². The molecule has 0 saturated carbocycles. The normalized spacial score (nSPS) is 19.9. The number of hydrogen-bond donors (Lipinski definition) is 1. The standard InChI is InChI=1S/C13H16N2OS/c1-2-6-12-11(5-1)13(17-15-12)14-8-7-10-4-3-9-16-10/h1-2,5-6,10,14H,3-4,7-9H2. The van der Waals surface area contributed by atoms with Gasteiger partial charge in [-0.05, 0) is 42.9 Å². The second-order valence-corrected chi connectivity index (χ2v) is 5.15. The van der Waals surface area contributed by atoms with Crippen LogP contribution in [0.1, 0.15) is 19.3 Å². The zero-order valence-electron chi connectivity index (χ0n) is 9.69. The highest BCUT2D eigenvalue weighted by molar-refractivity contribution is 7.11. The Morgan fingerprint density at radius 3 is 3.24 bits per heavy atom. The zero-order valence-corrected chi connectivity index (χ0v) is 10.5. The first-order chi connectivity index (χ1) is 8.43. The molecule has 1 unspecified atom stereocenters. The Kier molecular flexibility index (Phi) is 3.25. The van der Waals surface area contributed by atoms with Gasteiger partial charge in [-0.15, -0.1) is 0 Å². The SMILES string of the molecule is c1ccc2c(NCCC3CCCO3)snc2c1. The van der Waals surface area contributed by atoms with Gasteiger partial charge in [-0.3, -0.25) is 0 Å². The fourth-order valence-electron chi connectivity index (χ4n) is 2.24. The van der Waals surface area contributed by atoms with Gasteiger partial charge >= 0.3 is 0 Å². The average molecular weight is 248 g/mol. The van der Waals surface area contributed by atoms with Crippen LogP contribution in [0.4, 0.5) is 5.00 Å². The molecule has 90 valence electrons. The topological polar surface area (TPSA) is 34.1 Å². The molecule has 1 aromatic carbocycles. The molecule has 0 spiro atoms. The van der Waals surface area contributed by atoms with Crippen molar-refractivity contribution in [1.82, 2.24) is 4.37 Å². The number of anilines is 1. The van der Waals surface area contributed by atoms with E-state index >= 15 is 0 Å². The summed E-state index contributed by atoms with van der Waals surface area (Å²) in [4.78, 5) is 0. The van der Waals surface area contributed by atoms with E-state index < -0.39 is 0 Å². The van der Waals surface area contributed by atoms with E-state index in [1.54, 1.807) is 11.5 Å². The predicted molar refractivity (Wildman–Crippen MR) is 71.7 cm³/mol. The van der Waals surface area contributed by atoms with Crippen molar-refractivity contribution in [2.24, 2.45) is 0 Å². The first-order valence-electron chi connectivity index (χ1n) is 6.13. The van der Waals surface area contributed by atoms with Crippen molar-refractivity contribution in [3.63, 3.8) is 0 Å². The van der Waals surface area contributed by atoms with E-state index in [0.29, 0.717) is 6.10 Å². The molecule has 2 aromatic rings. The molecular weight excluding hydrogens is 232 g/mol. The molecule has 1 saturated heterocycles. The summed E-state index contributed by atoms with van der Waals surface area (Å²) in [5.41, 5.74) is 1.08. The summed E-state index contributed by atoms with van der Waals surface area (Å²) in [7, 11) is 0. The highest BCUT2D eigenvalue weighted by Crippen LogP contribution is 2.27. The molecular formula is C13H16N2OS. The van der Waals surface area contributed by atoms with Crippen molar-refractivity contribution >= 4 is 27.4 Å². The number of hydrogen-bond acceptors (Lipinski definition) is 4. The fraction of sp³-hybridized carbons (Fsp3) is 0.462. The number of nitrogens with one attached hydrogen (secondary N) is 1. The number of nitrogens with zero attached hydrogens (tertiary/aromatic N) is 1. The largest absolute Gasteiger partial charge is 0.378 e. The van der Waals surface area contributed by atoms with E-state index in [4.69, 9.17) is 4.74 Å². The molecule has 0 aliphatic carbocycles.